The molecule has 0 atom stereocenters. The molecule has 0 radical (unpaired) electrons. The third kappa shape index (κ3) is 4.50. The van der Waals surface area contributed by atoms with Crippen LogP contribution in [0.4, 0.5) is 0 Å². The summed E-state index contributed by atoms with van der Waals surface area (Å²) in [5.74, 6) is 0. The Morgan fingerprint density at radius 2 is 2.00 bits per heavy atom. The van der Waals surface area contributed by atoms with E-state index in [-0.39, 0.29) is 0 Å². The molecule has 0 aliphatic heterocycles. The molecular weight excluding hydrogens is 142 g/mol. The fourth-order valence-electron chi connectivity index (χ4n) is 0.412. The summed E-state index contributed by atoms with van der Waals surface area (Å²) in [5.41, 5.74) is 3.06. The molecule has 1 aromatic rings. The lowest BCUT2D eigenvalue weighted by Crippen LogP contribution is -1.73. The predicted octanol–water partition coefficient (Wildman–Crippen LogP) is 3.12. The van der Waals surface area contributed by atoms with Crippen LogP contribution in [-0.2, 0) is 6.42 Å². The molecule has 0 spiro atoms. The Morgan fingerprint density at radius 3 is 2.20 bits per heavy atom. The first kappa shape index (κ1) is 9.63. The van der Waals surface area contributed by atoms with Crippen LogP contribution in [0.3, 0.4) is 0 Å². The minimum atomic E-state index is 1.06. The van der Waals surface area contributed by atoms with Crippen LogP contribution < -0.4 is 0 Å². The molecule has 1 rings (SSSR count). The number of aromatic nitrogens is 1. The lowest BCUT2D eigenvalue weighted by molar-refractivity contribution is 1.06. The Morgan fingerprint density at radius 1 is 1.40 bits per heavy atom. The van der Waals surface area contributed by atoms with Gasteiger partial charge in [0.25, 0.3) is 0 Å². The molecule has 2 heteroatoms. The van der Waals surface area contributed by atoms with E-state index < -0.39 is 0 Å². The van der Waals surface area contributed by atoms with Gasteiger partial charge in [0.05, 0.1) is 11.2 Å². The molecular formula is C8H15NS. The summed E-state index contributed by atoms with van der Waals surface area (Å²) >= 11 is 1.65. The van der Waals surface area contributed by atoms with Crippen LogP contribution in [0.25, 0.3) is 0 Å². The van der Waals surface area contributed by atoms with Crippen molar-refractivity contribution in [1.82, 2.24) is 4.98 Å². The Bertz CT molecular complexity index is 135. The van der Waals surface area contributed by atoms with Crippen molar-refractivity contribution >= 4 is 11.3 Å². The summed E-state index contributed by atoms with van der Waals surface area (Å²) in [4.78, 5) is 4.05. The Kier molecular flexibility index (Phi) is 6.50. The van der Waals surface area contributed by atoms with Crippen molar-refractivity contribution in [2.45, 2.75) is 33.6 Å². The molecule has 1 nitrogen and oxygen atoms in total. The molecule has 0 aliphatic rings. The first-order chi connectivity index (χ1) is 4.85. The molecule has 10 heavy (non-hydrogen) atoms. The number of aryl methyl sites for hydroxylation is 1. The van der Waals surface area contributed by atoms with Crippen LogP contribution in [0.5, 0.6) is 0 Å². The van der Waals surface area contributed by atoms with Crippen molar-refractivity contribution in [3.05, 3.63) is 16.6 Å². The number of hydrogen-bond acceptors (Lipinski definition) is 2. The first-order valence-electron chi connectivity index (χ1n) is 3.72. The van der Waals surface area contributed by atoms with Gasteiger partial charge in [-0.25, -0.2) is 4.98 Å². The SMILES string of the molecule is CCC.CCc1cscn1. The van der Waals surface area contributed by atoms with E-state index in [9.17, 15) is 0 Å². The van der Waals surface area contributed by atoms with E-state index in [1.807, 2.05) is 5.51 Å². The van der Waals surface area contributed by atoms with Crippen LogP contribution in [-0.4, -0.2) is 4.98 Å². The molecule has 0 aromatic carbocycles. The average molecular weight is 157 g/mol. The van der Waals surface area contributed by atoms with Gasteiger partial charge < -0.3 is 0 Å². The molecule has 0 amide bonds. The minimum absolute atomic E-state index is 1.06. The second kappa shape index (κ2) is 6.75. The van der Waals surface area contributed by atoms with Gasteiger partial charge in [0.2, 0.25) is 0 Å². The van der Waals surface area contributed by atoms with Crippen LogP contribution in [0.1, 0.15) is 32.9 Å². The maximum absolute atomic E-state index is 4.05. The quantitative estimate of drug-likeness (QED) is 0.610. The van der Waals surface area contributed by atoms with Crippen molar-refractivity contribution < 1.29 is 0 Å². The second-order valence-corrected chi connectivity index (χ2v) is 2.76. The van der Waals surface area contributed by atoms with Crippen molar-refractivity contribution in [3.8, 4) is 0 Å². The van der Waals surface area contributed by atoms with Gasteiger partial charge in [-0.3, -0.25) is 0 Å². The molecule has 0 saturated heterocycles. The van der Waals surface area contributed by atoms with Gasteiger partial charge in [0.15, 0.2) is 0 Å². The summed E-state index contributed by atoms with van der Waals surface area (Å²) in [6, 6.07) is 0. The van der Waals surface area contributed by atoms with Gasteiger partial charge in [-0.15, -0.1) is 11.3 Å². The topological polar surface area (TPSA) is 12.9 Å². The lowest BCUT2D eigenvalue weighted by atomic mass is 10.4. The average Bonchev–Trinajstić information content (AvgIpc) is 2.39. The highest BCUT2D eigenvalue weighted by molar-refractivity contribution is 7.07. The van der Waals surface area contributed by atoms with Crippen LogP contribution >= 0.6 is 11.3 Å². The maximum Gasteiger partial charge on any atom is 0.0794 e. The Hall–Kier alpha value is -0.370. The standard InChI is InChI=1S/C5H7NS.C3H8/c1-2-5-3-7-4-6-5;1-3-2/h3-4H,2H2,1H3;3H2,1-2H3. The molecule has 0 aliphatic carbocycles. The van der Waals surface area contributed by atoms with E-state index in [0.717, 1.165) is 6.42 Å². The molecule has 0 unspecified atom stereocenters. The second-order valence-electron chi connectivity index (χ2n) is 2.04. The van der Waals surface area contributed by atoms with E-state index in [1.54, 1.807) is 11.3 Å². The number of hydrogen-bond donors (Lipinski definition) is 0. The molecule has 0 bridgehead atoms. The lowest BCUT2D eigenvalue weighted by Gasteiger charge is -1.77. The normalized spacial score (nSPS) is 8.30. The summed E-state index contributed by atoms with van der Waals surface area (Å²) in [6.07, 6.45) is 2.31. The zero-order chi connectivity index (χ0) is 7.82. The smallest absolute Gasteiger partial charge is 0.0794 e. The van der Waals surface area contributed by atoms with E-state index in [4.69, 9.17) is 0 Å². The summed E-state index contributed by atoms with van der Waals surface area (Å²) in [7, 11) is 0. The Labute approximate surface area is 67.1 Å². The van der Waals surface area contributed by atoms with Gasteiger partial charge >= 0.3 is 0 Å². The first-order valence-corrected chi connectivity index (χ1v) is 4.66. The molecule has 0 fully saturated rings. The number of rotatable bonds is 1. The van der Waals surface area contributed by atoms with Crippen LogP contribution in [0, 0.1) is 0 Å². The highest BCUT2D eigenvalue weighted by atomic mass is 32.1. The molecule has 1 aromatic heterocycles. The van der Waals surface area contributed by atoms with Crippen molar-refractivity contribution in [3.63, 3.8) is 0 Å². The van der Waals surface area contributed by atoms with Gasteiger partial charge in [-0.2, -0.15) is 0 Å². The van der Waals surface area contributed by atoms with E-state index >= 15 is 0 Å². The van der Waals surface area contributed by atoms with E-state index in [0.29, 0.717) is 0 Å². The molecule has 1 heterocycles. The predicted molar refractivity (Wildman–Crippen MR) is 47.5 cm³/mol. The summed E-state index contributed by atoms with van der Waals surface area (Å²) < 4.78 is 0. The number of nitrogens with zero attached hydrogens (tertiary/aromatic N) is 1. The fraction of sp³-hybridized carbons (Fsp3) is 0.625. The molecule has 58 valence electrons. The van der Waals surface area contributed by atoms with Crippen LogP contribution in [0.15, 0.2) is 10.9 Å². The van der Waals surface area contributed by atoms with Crippen LogP contribution in [0.2, 0.25) is 0 Å². The van der Waals surface area contributed by atoms with E-state index in [2.05, 4.69) is 31.1 Å². The van der Waals surface area contributed by atoms with E-state index in [1.165, 1.54) is 12.1 Å². The maximum atomic E-state index is 4.05. The van der Waals surface area contributed by atoms with Gasteiger partial charge in [-0.1, -0.05) is 27.2 Å². The third-order valence-electron chi connectivity index (χ3n) is 0.846. The highest BCUT2D eigenvalue weighted by Crippen LogP contribution is 1.99. The Balaban J connectivity index is 0.000000236. The monoisotopic (exact) mass is 157 g/mol. The minimum Gasteiger partial charge on any atom is -0.250 e. The van der Waals surface area contributed by atoms with Crippen molar-refractivity contribution in [1.29, 1.82) is 0 Å². The fourth-order valence-corrected chi connectivity index (χ4v) is 1.05. The van der Waals surface area contributed by atoms with Gasteiger partial charge in [0.1, 0.15) is 0 Å². The van der Waals surface area contributed by atoms with Crippen molar-refractivity contribution in [2.75, 3.05) is 0 Å². The highest BCUT2D eigenvalue weighted by Gasteiger charge is 1.84. The largest absolute Gasteiger partial charge is 0.250 e. The molecule has 0 N–H and O–H groups in total. The summed E-state index contributed by atoms with van der Waals surface area (Å²) in [6.45, 7) is 6.36. The molecule has 0 saturated carbocycles. The summed E-state index contributed by atoms with van der Waals surface area (Å²) in [5, 5.41) is 2.07. The zero-order valence-corrected chi connectivity index (χ0v) is 7.74. The zero-order valence-electron chi connectivity index (χ0n) is 6.92. The number of thiazole rings is 1. The van der Waals surface area contributed by atoms with Gasteiger partial charge in [-0.05, 0) is 6.42 Å². The van der Waals surface area contributed by atoms with Gasteiger partial charge in [0, 0.05) is 5.38 Å². The third-order valence-corrected chi connectivity index (χ3v) is 1.48. The van der Waals surface area contributed by atoms with Crippen molar-refractivity contribution in [2.24, 2.45) is 0 Å².